The molecule has 0 amide bonds. The summed E-state index contributed by atoms with van der Waals surface area (Å²) in [6, 6.07) is 7.77. The van der Waals surface area contributed by atoms with Crippen LogP contribution in [0.2, 0.25) is 0 Å². The highest BCUT2D eigenvalue weighted by Gasteiger charge is 2.03. The summed E-state index contributed by atoms with van der Waals surface area (Å²) >= 11 is 3.38. The maximum atomic E-state index is 11.0. The van der Waals surface area contributed by atoms with Crippen LogP contribution < -0.4 is 4.74 Å². The minimum absolute atomic E-state index is 0.153. The average Bonchev–Trinajstić information content (AvgIpc) is 2.41. The smallest absolute Gasteiger partial charge is 0.305 e. The second-order valence-corrected chi connectivity index (χ2v) is 5.20. The highest BCUT2D eigenvalue weighted by Crippen LogP contribution is 2.15. The first-order valence-electron chi connectivity index (χ1n) is 6.25. The molecule has 0 N–H and O–H groups in total. The van der Waals surface area contributed by atoms with Gasteiger partial charge >= 0.3 is 5.97 Å². The van der Waals surface area contributed by atoms with E-state index in [-0.39, 0.29) is 5.97 Å². The number of halogens is 1. The van der Waals surface area contributed by atoms with Crippen molar-refractivity contribution >= 4 is 21.9 Å². The van der Waals surface area contributed by atoms with E-state index >= 15 is 0 Å². The third-order valence-electron chi connectivity index (χ3n) is 2.70. The molecule has 1 rings (SSSR count). The monoisotopic (exact) mass is 329 g/mol. The van der Waals surface area contributed by atoms with E-state index in [4.69, 9.17) is 4.74 Å². The van der Waals surface area contributed by atoms with Crippen molar-refractivity contribution in [3.8, 4) is 5.75 Å². The summed E-state index contributed by atoms with van der Waals surface area (Å²) in [5.74, 6) is 0.714. The topological polar surface area (TPSA) is 38.8 Å². The predicted molar refractivity (Wildman–Crippen MR) is 78.4 cm³/mol. The molecule has 106 valence electrons. The van der Waals surface area contributed by atoms with Crippen LogP contribution in [0.5, 0.6) is 5.75 Å². The minimum Gasteiger partial charge on any atom is -0.492 e. The standard InChI is InChI=1S/C14H20BrNO3/c1-16(9-3-4-14(17)18-2)10-11-19-13-7-5-12(15)6-8-13/h5-8H,3-4,9-11H2,1-2H3. The van der Waals surface area contributed by atoms with Crippen molar-refractivity contribution in [2.45, 2.75) is 12.8 Å². The number of hydrogen-bond donors (Lipinski definition) is 0. The summed E-state index contributed by atoms with van der Waals surface area (Å²) in [5, 5.41) is 0. The van der Waals surface area contributed by atoms with Gasteiger partial charge in [-0.25, -0.2) is 0 Å². The Kier molecular flexibility index (Phi) is 7.52. The maximum absolute atomic E-state index is 11.0. The van der Waals surface area contributed by atoms with Crippen molar-refractivity contribution in [1.82, 2.24) is 4.90 Å². The van der Waals surface area contributed by atoms with Gasteiger partial charge < -0.3 is 14.4 Å². The highest BCUT2D eigenvalue weighted by atomic mass is 79.9. The number of esters is 1. The molecule has 0 fully saturated rings. The van der Waals surface area contributed by atoms with Gasteiger partial charge in [0, 0.05) is 17.4 Å². The van der Waals surface area contributed by atoms with Crippen LogP contribution in [-0.4, -0.2) is 44.7 Å². The summed E-state index contributed by atoms with van der Waals surface area (Å²) in [7, 11) is 3.43. The van der Waals surface area contributed by atoms with Crippen LogP contribution in [0, 0.1) is 0 Å². The highest BCUT2D eigenvalue weighted by molar-refractivity contribution is 9.10. The second-order valence-electron chi connectivity index (χ2n) is 4.29. The maximum Gasteiger partial charge on any atom is 0.305 e. The second kappa shape index (κ2) is 8.93. The van der Waals surface area contributed by atoms with Gasteiger partial charge in [0.2, 0.25) is 0 Å². The molecule has 0 bridgehead atoms. The van der Waals surface area contributed by atoms with Gasteiger partial charge in [-0.05, 0) is 44.3 Å². The first kappa shape index (κ1) is 16.0. The summed E-state index contributed by atoms with van der Waals surface area (Å²) in [4.78, 5) is 13.1. The Labute approximate surface area is 122 Å². The number of rotatable bonds is 8. The largest absolute Gasteiger partial charge is 0.492 e. The van der Waals surface area contributed by atoms with E-state index in [1.807, 2.05) is 31.3 Å². The van der Waals surface area contributed by atoms with Crippen LogP contribution in [0.15, 0.2) is 28.7 Å². The van der Waals surface area contributed by atoms with E-state index < -0.39 is 0 Å². The van der Waals surface area contributed by atoms with E-state index in [1.165, 1.54) is 7.11 Å². The number of ether oxygens (including phenoxy) is 2. The van der Waals surface area contributed by atoms with Gasteiger partial charge in [-0.15, -0.1) is 0 Å². The van der Waals surface area contributed by atoms with Crippen molar-refractivity contribution in [3.63, 3.8) is 0 Å². The molecule has 0 aromatic heterocycles. The molecule has 0 heterocycles. The number of nitrogens with zero attached hydrogens (tertiary/aromatic N) is 1. The Hall–Kier alpha value is -1.07. The van der Waals surface area contributed by atoms with Crippen LogP contribution in [0.1, 0.15) is 12.8 Å². The number of benzene rings is 1. The molecular formula is C14H20BrNO3. The lowest BCUT2D eigenvalue weighted by atomic mass is 10.3. The molecule has 0 aliphatic rings. The lowest BCUT2D eigenvalue weighted by Gasteiger charge is -2.16. The van der Waals surface area contributed by atoms with E-state index in [9.17, 15) is 4.79 Å². The zero-order valence-corrected chi connectivity index (χ0v) is 13.0. The lowest BCUT2D eigenvalue weighted by Crippen LogP contribution is -2.25. The minimum atomic E-state index is -0.153. The molecule has 0 spiro atoms. The Morgan fingerprint density at radius 3 is 2.58 bits per heavy atom. The fourth-order valence-electron chi connectivity index (χ4n) is 1.56. The molecule has 0 atom stereocenters. The van der Waals surface area contributed by atoms with Gasteiger partial charge in [0.05, 0.1) is 7.11 Å². The number of hydrogen-bond acceptors (Lipinski definition) is 4. The van der Waals surface area contributed by atoms with Gasteiger partial charge in [0.25, 0.3) is 0 Å². The van der Waals surface area contributed by atoms with Crippen molar-refractivity contribution in [3.05, 3.63) is 28.7 Å². The molecule has 0 aliphatic carbocycles. The van der Waals surface area contributed by atoms with Crippen molar-refractivity contribution in [2.75, 3.05) is 33.9 Å². The molecule has 0 unspecified atom stereocenters. The van der Waals surface area contributed by atoms with Crippen molar-refractivity contribution in [2.24, 2.45) is 0 Å². The Morgan fingerprint density at radius 2 is 1.95 bits per heavy atom. The molecule has 0 aliphatic heterocycles. The Bertz CT molecular complexity index is 381. The van der Waals surface area contributed by atoms with E-state index in [2.05, 4.69) is 25.6 Å². The molecule has 1 aromatic rings. The van der Waals surface area contributed by atoms with Gasteiger partial charge in [-0.1, -0.05) is 15.9 Å². The normalized spacial score (nSPS) is 10.5. The molecular weight excluding hydrogens is 310 g/mol. The average molecular weight is 330 g/mol. The summed E-state index contributed by atoms with van der Waals surface area (Å²) in [6.07, 6.45) is 1.27. The number of likely N-dealkylation sites (N-methyl/N-ethyl adjacent to an activating group) is 1. The van der Waals surface area contributed by atoms with Gasteiger partial charge in [0.15, 0.2) is 0 Å². The third kappa shape index (κ3) is 7.18. The van der Waals surface area contributed by atoms with Gasteiger partial charge in [-0.2, -0.15) is 0 Å². The first-order chi connectivity index (χ1) is 9.11. The molecule has 0 saturated heterocycles. The fourth-order valence-corrected chi connectivity index (χ4v) is 1.82. The zero-order chi connectivity index (χ0) is 14.1. The van der Waals surface area contributed by atoms with Crippen LogP contribution in [0.25, 0.3) is 0 Å². The quantitative estimate of drug-likeness (QED) is 0.687. The van der Waals surface area contributed by atoms with Gasteiger partial charge in [-0.3, -0.25) is 4.79 Å². The number of carbonyl (C=O) groups excluding carboxylic acids is 1. The van der Waals surface area contributed by atoms with E-state index in [0.717, 1.165) is 29.7 Å². The molecule has 4 nitrogen and oxygen atoms in total. The zero-order valence-electron chi connectivity index (χ0n) is 11.4. The van der Waals surface area contributed by atoms with Crippen molar-refractivity contribution < 1.29 is 14.3 Å². The fraction of sp³-hybridized carbons (Fsp3) is 0.500. The predicted octanol–water partition coefficient (Wildman–Crippen LogP) is 2.71. The van der Waals surface area contributed by atoms with Gasteiger partial charge in [0.1, 0.15) is 12.4 Å². The number of methoxy groups -OCH3 is 1. The van der Waals surface area contributed by atoms with Crippen LogP contribution in [0.3, 0.4) is 0 Å². The van der Waals surface area contributed by atoms with E-state index in [0.29, 0.717) is 13.0 Å². The summed E-state index contributed by atoms with van der Waals surface area (Å²) < 4.78 is 11.3. The molecule has 1 aromatic carbocycles. The molecule has 0 radical (unpaired) electrons. The molecule has 5 heteroatoms. The summed E-state index contributed by atoms with van der Waals surface area (Å²) in [6.45, 7) is 2.33. The van der Waals surface area contributed by atoms with E-state index in [1.54, 1.807) is 0 Å². The molecule has 0 saturated carbocycles. The van der Waals surface area contributed by atoms with Crippen LogP contribution in [-0.2, 0) is 9.53 Å². The third-order valence-corrected chi connectivity index (χ3v) is 3.23. The lowest BCUT2D eigenvalue weighted by molar-refractivity contribution is -0.140. The summed E-state index contributed by atoms with van der Waals surface area (Å²) in [5.41, 5.74) is 0. The molecule has 19 heavy (non-hydrogen) atoms. The first-order valence-corrected chi connectivity index (χ1v) is 7.05. The Morgan fingerprint density at radius 1 is 1.26 bits per heavy atom. The number of carbonyl (C=O) groups is 1. The SMILES string of the molecule is COC(=O)CCCN(C)CCOc1ccc(Br)cc1. The van der Waals surface area contributed by atoms with Crippen LogP contribution in [0.4, 0.5) is 0 Å². The van der Waals surface area contributed by atoms with Crippen molar-refractivity contribution in [1.29, 1.82) is 0 Å². The Balaban J connectivity index is 2.11. The van der Waals surface area contributed by atoms with Crippen LogP contribution >= 0.6 is 15.9 Å².